The molecule has 19 heavy (non-hydrogen) atoms. The minimum absolute atomic E-state index is 0.638. The van der Waals surface area contributed by atoms with Crippen molar-refractivity contribution in [3.8, 4) is 11.4 Å². The van der Waals surface area contributed by atoms with E-state index in [1.807, 2.05) is 6.07 Å². The molecular formula is C12H17N7. The molecule has 1 aliphatic heterocycles. The van der Waals surface area contributed by atoms with Crippen LogP contribution >= 0.6 is 0 Å². The van der Waals surface area contributed by atoms with Gasteiger partial charge in [0.2, 0.25) is 5.95 Å². The van der Waals surface area contributed by atoms with Gasteiger partial charge < -0.3 is 10.6 Å². The molecule has 0 unspecified atom stereocenters. The van der Waals surface area contributed by atoms with Gasteiger partial charge in [0.15, 0.2) is 5.82 Å². The van der Waals surface area contributed by atoms with E-state index in [1.165, 1.54) is 0 Å². The standard InChI is InChI=1S/C12H17N7/c13-7-9-2-5-19(6-3-9)12-16-11(17-18-12)10-1-4-14-15-8-10/h1,4,8-9H,2-3,5-7,13H2,(H,16,17,18). The smallest absolute Gasteiger partial charge is 0.245 e. The molecule has 1 aliphatic rings. The molecule has 100 valence electrons. The molecule has 0 aliphatic carbocycles. The molecule has 0 atom stereocenters. The van der Waals surface area contributed by atoms with Crippen LogP contribution in [0.3, 0.4) is 0 Å². The maximum Gasteiger partial charge on any atom is 0.245 e. The third-order valence-corrected chi connectivity index (χ3v) is 3.56. The Labute approximate surface area is 111 Å². The minimum atomic E-state index is 0.638. The van der Waals surface area contributed by atoms with E-state index >= 15 is 0 Å². The second-order valence-corrected chi connectivity index (χ2v) is 4.78. The van der Waals surface area contributed by atoms with Crippen molar-refractivity contribution in [3.63, 3.8) is 0 Å². The van der Waals surface area contributed by atoms with Gasteiger partial charge in [0.1, 0.15) is 0 Å². The number of aromatic amines is 1. The van der Waals surface area contributed by atoms with Gasteiger partial charge in [0.05, 0.1) is 12.4 Å². The summed E-state index contributed by atoms with van der Waals surface area (Å²) in [4.78, 5) is 6.71. The van der Waals surface area contributed by atoms with Crippen molar-refractivity contribution < 1.29 is 0 Å². The predicted molar refractivity (Wildman–Crippen MR) is 71.4 cm³/mol. The quantitative estimate of drug-likeness (QED) is 0.830. The fourth-order valence-electron chi connectivity index (χ4n) is 2.32. The largest absolute Gasteiger partial charge is 0.340 e. The molecule has 1 fully saturated rings. The highest BCUT2D eigenvalue weighted by atomic mass is 15.4. The molecule has 0 saturated carbocycles. The first kappa shape index (κ1) is 12.0. The lowest BCUT2D eigenvalue weighted by molar-refractivity contribution is 0.411. The van der Waals surface area contributed by atoms with Crippen molar-refractivity contribution in [2.45, 2.75) is 12.8 Å². The highest BCUT2D eigenvalue weighted by Gasteiger charge is 2.21. The van der Waals surface area contributed by atoms with Crippen LogP contribution in [0.25, 0.3) is 11.4 Å². The summed E-state index contributed by atoms with van der Waals surface area (Å²) in [6.45, 7) is 2.71. The number of nitrogens with zero attached hydrogens (tertiary/aromatic N) is 5. The van der Waals surface area contributed by atoms with E-state index in [0.717, 1.165) is 49.8 Å². The summed E-state index contributed by atoms with van der Waals surface area (Å²) in [5.74, 6) is 2.12. The van der Waals surface area contributed by atoms with Crippen LogP contribution in [0.15, 0.2) is 18.5 Å². The number of piperidine rings is 1. The van der Waals surface area contributed by atoms with Crippen LogP contribution in [0.4, 0.5) is 5.95 Å². The number of nitrogens with one attached hydrogen (secondary N) is 1. The van der Waals surface area contributed by atoms with Gasteiger partial charge in [0, 0.05) is 18.7 Å². The number of aromatic nitrogens is 5. The number of hydrogen-bond acceptors (Lipinski definition) is 6. The number of rotatable bonds is 3. The Balaban J connectivity index is 1.72. The summed E-state index contributed by atoms with van der Waals surface area (Å²) in [5.41, 5.74) is 6.59. The van der Waals surface area contributed by atoms with Gasteiger partial charge in [-0.05, 0) is 31.4 Å². The van der Waals surface area contributed by atoms with E-state index < -0.39 is 0 Å². The van der Waals surface area contributed by atoms with Crippen molar-refractivity contribution in [2.24, 2.45) is 11.7 Å². The van der Waals surface area contributed by atoms with E-state index in [2.05, 4.69) is 30.3 Å². The Morgan fingerprint density at radius 2 is 2.16 bits per heavy atom. The number of hydrogen-bond donors (Lipinski definition) is 2. The topological polar surface area (TPSA) is 96.6 Å². The van der Waals surface area contributed by atoms with Crippen molar-refractivity contribution in [3.05, 3.63) is 18.5 Å². The second-order valence-electron chi connectivity index (χ2n) is 4.78. The Bertz CT molecular complexity index is 516. The van der Waals surface area contributed by atoms with E-state index in [4.69, 9.17) is 5.73 Å². The molecule has 0 spiro atoms. The molecule has 1 saturated heterocycles. The first-order valence-electron chi connectivity index (χ1n) is 6.51. The van der Waals surface area contributed by atoms with Crippen molar-refractivity contribution in [1.82, 2.24) is 25.4 Å². The van der Waals surface area contributed by atoms with Crippen LogP contribution in [-0.4, -0.2) is 45.0 Å². The average molecular weight is 259 g/mol. The normalized spacial score (nSPS) is 16.8. The van der Waals surface area contributed by atoms with Gasteiger partial charge in [-0.1, -0.05) is 0 Å². The molecule has 2 aromatic rings. The van der Waals surface area contributed by atoms with Crippen LogP contribution in [0.5, 0.6) is 0 Å². The monoisotopic (exact) mass is 259 g/mol. The van der Waals surface area contributed by atoms with E-state index in [-0.39, 0.29) is 0 Å². The summed E-state index contributed by atoms with van der Waals surface area (Å²) in [6, 6.07) is 1.86. The summed E-state index contributed by atoms with van der Waals surface area (Å²) >= 11 is 0. The molecule has 0 amide bonds. The van der Waals surface area contributed by atoms with Crippen LogP contribution in [0.1, 0.15) is 12.8 Å². The van der Waals surface area contributed by atoms with E-state index in [0.29, 0.717) is 5.92 Å². The highest BCUT2D eigenvalue weighted by Crippen LogP contribution is 2.21. The first-order valence-corrected chi connectivity index (χ1v) is 6.51. The number of H-pyrrole nitrogens is 1. The van der Waals surface area contributed by atoms with Gasteiger partial charge >= 0.3 is 0 Å². The Hall–Kier alpha value is -2.02. The van der Waals surface area contributed by atoms with Crippen LogP contribution in [0.2, 0.25) is 0 Å². The molecule has 3 N–H and O–H groups in total. The number of anilines is 1. The molecular weight excluding hydrogens is 242 g/mol. The Kier molecular flexibility index (Phi) is 3.37. The minimum Gasteiger partial charge on any atom is -0.340 e. The Morgan fingerprint density at radius 1 is 1.32 bits per heavy atom. The van der Waals surface area contributed by atoms with Gasteiger partial charge in [-0.2, -0.15) is 15.2 Å². The maximum atomic E-state index is 5.70. The molecule has 3 heterocycles. The van der Waals surface area contributed by atoms with Gasteiger partial charge in [-0.3, -0.25) is 5.10 Å². The lowest BCUT2D eigenvalue weighted by Gasteiger charge is -2.30. The zero-order valence-electron chi connectivity index (χ0n) is 10.7. The molecule has 0 bridgehead atoms. The molecule has 2 aromatic heterocycles. The molecule has 0 aromatic carbocycles. The summed E-state index contributed by atoms with van der Waals surface area (Å²) in [6.07, 6.45) is 5.53. The summed E-state index contributed by atoms with van der Waals surface area (Å²) in [7, 11) is 0. The zero-order valence-corrected chi connectivity index (χ0v) is 10.7. The van der Waals surface area contributed by atoms with Gasteiger partial charge in [0.25, 0.3) is 0 Å². The zero-order chi connectivity index (χ0) is 13.1. The summed E-state index contributed by atoms with van der Waals surface area (Å²) < 4.78 is 0. The molecule has 7 nitrogen and oxygen atoms in total. The lowest BCUT2D eigenvalue weighted by Crippen LogP contribution is -2.36. The third-order valence-electron chi connectivity index (χ3n) is 3.56. The first-order chi connectivity index (χ1) is 9.36. The Morgan fingerprint density at radius 3 is 2.84 bits per heavy atom. The van der Waals surface area contributed by atoms with Gasteiger partial charge in [-0.15, -0.1) is 5.10 Å². The molecule has 7 heteroatoms. The van der Waals surface area contributed by atoms with Crippen molar-refractivity contribution in [2.75, 3.05) is 24.5 Å². The predicted octanol–water partition coefficient (Wildman–Crippen LogP) is 0.437. The van der Waals surface area contributed by atoms with E-state index in [1.54, 1.807) is 12.4 Å². The van der Waals surface area contributed by atoms with E-state index in [9.17, 15) is 0 Å². The fourth-order valence-corrected chi connectivity index (χ4v) is 2.32. The van der Waals surface area contributed by atoms with Gasteiger partial charge in [-0.25, -0.2) is 0 Å². The molecule has 0 radical (unpaired) electrons. The molecule has 3 rings (SSSR count). The fraction of sp³-hybridized carbons (Fsp3) is 0.500. The third kappa shape index (κ3) is 2.55. The maximum absolute atomic E-state index is 5.70. The number of nitrogens with two attached hydrogens (primary N) is 1. The van der Waals surface area contributed by atoms with Crippen LogP contribution in [-0.2, 0) is 0 Å². The average Bonchev–Trinajstić information content (AvgIpc) is 2.98. The van der Waals surface area contributed by atoms with Crippen LogP contribution < -0.4 is 10.6 Å². The van der Waals surface area contributed by atoms with Crippen molar-refractivity contribution in [1.29, 1.82) is 0 Å². The SMILES string of the molecule is NCC1CCN(c2n[nH]c(-c3ccnnc3)n2)CC1. The van der Waals surface area contributed by atoms with Crippen LogP contribution in [0, 0.1) is 5.92 Å². The second kappa shape index (κ2) is 5.31. The summed E-state index contributed by atoms with van der Waals surface area (Å²) in [5, 5.41) is 14.8. The highest BCUT2D eigenvalue weighted by molar-refractivity contribution is 5.54. The van der Waals surface area contributed by atoms with Crippen molar-refractivity contribution >= 4 is 5.95 Å². The lowest BCUT2D eigenvalue weighted by atomic mass is 9.97.